The Hall–Kier alpha value is -1.21. The van der Waals surface area contributed by atoms with Crippen LogP contribution in [0.15, 0.2) is 16.6 Å². The lowest BCUT2D eigenvalue weighted by atomic mass is 10.2. The molecule has 0 aromatic heterocycles. The van der Waals surface area contributed by atoms with E-state index in [0.717, 1.165) is 12.1 Å². The maximum Gasteiger partial charge on any atom is 0.293 e. The predicted octanol–water partition coefficient (Wildman–Crippen LogP) is 3.19. The number of methoxy groups -OCH3 is 1. The van der Waals surface area contributed by atoms with E-state index in [9.17, 15) is 14.5 Å². The molecule has 0 spiro atoms. The molecule has 1 rings (SSSR count). The standard InChI is InChI=1S/C11H14BrFN2O3/c1-7(6-18-2)5-14-10-4-9(13)8(12)3-11(10)15(16)17/h3-4,7,14H,5-6H2,1-2H3. The Kier molecular flexibility index (Phi) is 5.49. The molecule has 5 nitrogen and oxygen atoms in total. The van der Waals surface area contributed by atoms with Gasteiger partial charge in [0.25, 0.3) is 5.69 Å². The maximum atomic E-state index is 13.4. The topological polar surface area (TPSA) is 64.4 Å². The van der Waals surface area contributed by atoms with Gasteiger partial charge in [-0.25, -0.2) is 4.39 Å². The number of nitro benzene ring substituents is 1. The van der Waals surface area contributed by atoms with Crippen LogP contribution in [0.1, 0.15) is 6.92 Å². The zero-order chi connectivity index (χ0) is 13.7. The average Bonchev–Trinajstić information content (AvgIpc) is 2.30. The third kappa shape index (κ3) is 3.92. The van der Waals surface area contributed by atoms with E-state index in [1.807, 2.05) is 6.92 Å². The second kappa shape index (κ2) is 6.65. The highest BCUT2D eigenvalue weighted by molar-refractivity contribution is 9.10. The highest BCUT2D eigenvalue weighted by atomic mass is 79.9. The van der Waals surface area contributed by atoms with Crippen molar-refractivity contribution in [1.29, 1.82) is 0 Å². The van der Waals surface area contributed by atoms with Crippen LogP contribution in [-0.2, 0) is 4.74 Å². The molecule has 0 radical (unpaired) electrons. The third-order valence-corrected chi connectivity index (χ3v) is 2.94. The van der Waals surface area contributed by atoms with E-state index >= 15 is 0 Å². The Morgan fingerprint density at radius 2 is 2.28 bits per heavy atom. The maximum absolute atomic E-state index is 13.4. The summed E-state index contributed by atoms with van der Waals surface area (Å²) in [5, 5.41) is 13.7. The van der Waals surface area contributed by atoms with Crippen molar-refractivity contribution in [2.45, 2.75) is 6.92 Å². The molecular formula is C11H14BrFN2O3. The lowest BCUT2D eigenvalue weighted by Crippen LogP contribution is -2.16. The fourth-order valence-electron chi connectivity index (χ4n) is 1.46. The SMILES string of the molecule is COCC(C)CNc1cc(F)c(Br)cc1[N+](=O)[O-]. The summed E-state index contributed by atoms with van der Waals surface area (Å²) < 4.78 is 18.4. The molecule has 0 aliphatic carbocycles. The van der Waals surface area contributed by atoms with Gasteiger partial charge in [0, 0.05) is 25.8 Å². The molecule has 100 valence electrons. The van der Waals surface area contributed by atoms with Crippen LogP contribution in [-0.4, -0.2) is 25.2 Å². The van der Waals surface area contributed by atoms with E-state index in [-0.39, 0.29) is 21.8 Å². The predicted molar refractivity (Wildman–Crippen MR) is 70.3 cm³/mol. The van der Waals surface area contributed by atoms with Gasteiger partial charge in [0.15, 0.2) is 0 Å². The quantitative estimate of drug-likeness (QED) is 0.645. The number of benzene rings is 1. The first-order chi connectivity index (χ1) is 8.45. The summed E-state index contributed by atoms with van der Waals surface area (Å²) in [6.07, 6.45) is 0. The van der Waals surface area contributed by atoms with Gasteiger partial charge in [-0.3, -0.25) is 10.1 Å². The van der Waals surface area contributed by atoms with Gasteiger partial charge in [-0.1, -0.05) is 6.92 Å². The van der Waals surface area contributed by atoms with E-state index in [4.69, 9.17) is 4.74 Å². The molecule has 1 N–H and O–H groups in total. The number of nitro groups is 1. The van der Waals surface area contributed by atoms with Gasteiger partial charge < -0.3 is 10.1 Å². The minimum Gasteiger partial charge on any atom is -0.384 e. The molecule has 7 heteroatoms. The molecular weight excluding hydrogens is 307 g/mol. The zero-order valence-corrected chi connectivity index (χ0v) is 11.7. The summed E-state index contributed by atoms with van der Waals surface area (Å²) in [5.74, 6) is -0.371. The fraction of sp³-hybridized carbons (Fsp3) is 0.455. The van der Waals surface area contributed by atoms with Crippen molar-refractivity contribution >= 4 is 27.3 Å². The number of ether oxygens (including phenoxy) is 1. The van der Waals surface area contributed by atoms with Gasteiger partial charge in [-0.2, -0.15) is 0 Å². The lowest BCUT2D eigenvalue weighted by Gasteiger charge is -2.13. The van der Waals surface area contributed by atoms with Crippen LogP contribution in [0.2, 0.25) is 0 Å². The Morgan fingerprint density at radius 1 is 1.61 bits per heavy atom. The van der Waals surface area contributed by atoms with Crippen molar-refractivity contribution in [2.75, 3.05) is 25.6 Å². The molecule has 1 aromatic carbocycles. The molecule has 0 saturated carbocycles. The van der Waals surface area contributed by atoms with E-state index in [2.05, 4.69) is 21.2 Å². The lowest BCUT2D eigenvalue weighted by molar-refractivity contribution is -0.384. The Balaban J connectivity index is 2.86. The van der Waals surface area contributed by atoms with Crippen LogP contribution in [0.3, 0.4) is 0 Å². The van der Waals surface area contributed by atoms with Gasteiger partial charge in [0.05, 0.1) is 16.0 Å². The van der Waals surface area contributed by atoms with Gasteiger partial charge >= 0.3 is 0 Å². The molecule has 0 aliphatic heterocycles. The van der Waals surface area contributed by atoms with Crippen LogP contribution >= 0.6 is 15.9 Å². The van der Waals surface area contributed by atoms with Crippen molar-refractivity contribution < 1.29 is 14.1 Å². The van der Waals surface area contributed by atoms with Gasteiger partial charge in [-0.15, -0.1) is 0 Å². The first kappa shape index (κ1) is 14.8. The number of rotatable bonds is 6. The number of hydrogen-bond acceptors (Lipinski definition) is 4. The van der Waals surface area contributed by atoms with Crippen LogP contribution < -0.4 is 5.32 Å². The largest absolute Gasteiger partial charge is 0.384 e. The van der Waals surface area contributed by atoms with Crippen molar-refractivity contribution in [3.8, 4) is 0 Å². The van der Waals surface area contributed by atoms with Gasteiger partial charge in [0.1, 0.15) is 11.5 Å². The van der Waals surface area contributed by atoms with Crippen LogP contribution in [0.25, 0.3) is 0 Å². The first-order valence-corrected chi connectivity index (χ1v) is 6.11. The molecule has 0 bridgehead atoms. The van der Waals surface area contributed by atoms with Gasteiger partial charge in [0.2, 0.25) is 0 Å². The molecule has 0 heterocycles. The fourth-order valence-corrected chi connectivity index (χ4v) is 1.79. The summed E-state index contributed by atoms with van der Waals surface area (Å²) in [6.45, 7) is 2.92. The minimum absolute atomic E-state index is 0.0738. The number of halogens is 2. The van der Waals surface area contributed by atoms with E-state index < -0.39 is 10.7 Å². The monoisotopic (exact) mass is 320 g/mol. The average molecular weight is 321 g/mol. The molecule has 1 atom stereocenters. The Bertz CT molecular complexity index is 443. The smallest absolute Gasteiger partial charge is 0.293 e. The number of anilines is 1. The molecule has 0 aliphatic rings. The summed E-state index contributed by atoms with van der Waals surface area (Å²) in [7, 11) is 1.58. The first-order valence-electron chi connectivity index (χ1n) is 5.32. The second-order valence-electron chi connectivity index (χ2n) is 3.98. The zero-order valence-electron chi connectivity index (χ0n) is 10.1. The molecule has 1 unspecified atom stereocenters. The summed E-state index contributed by atoms with van der Waals surface area (Å²) in [6, 6.07) is 2.26. The molecule has 0 saturated heterocycles. The minimum atomic E-state index is -0.548. The molecule has 18 heavy (non-hydrogen) atoms. The van der Waals surface area contributed by atoms with Crippen molar-refractivity contribution in [3.05, 3.63) is 32.5 Å². The number of nitrogens with zero attached hydrogens (tertiary/aromatic N) is 1. The summed E-state index contributed by atoms with van der Waals surface area (Å²) >= 11 is 2.93. The molecule has 0 fully saturated rings. The summed E-state index contributed by atoms with van der Waals surface area (Å²) in [4.78, 5) is 10.3. The molecule has 0 amide bonds. The van der Waals surface area contributed by atoms with Gasteiger partial charge in [-0.05, 0) is 21.8 Å². The van der Waals surface area contributed by atoms with Crippen molar-refractivity contribution in [3.63, 3.8) is 0 Å². The third-order valence-electron chi connectivity index (χ3n) is 2.33. The van der Waals surface area contributed by atoms with E-state index in [0.29, 0.717) is 13.2 Å². The highest BCUT2D eigenvalue weighted by Gasteiger charge is 2.17. The highest BCUT2D eigenvalue weighted by Crippen LogP contribution is 2.30. The van der Waals surface area contributed by atoms with Crippen molar-refractivity contribution in [1.82, 2.24) is 0 Å². The van der Waals surface area contributed by atoms with Crippen LogP contribution in [0, 0.1) is 21.8 Å². The van der Waals surface area contributed by atoms with Crippen molar-refractivity contribution in [2.24, 2.45) is 5.92 Å². The molecule has 1 aromatic rings. The van der Waals surface area contributed by atoms with E-state index in [1.165, 1.54) is 0 Å². The Labute approximate surface area is 113 Å². The van der Waals surface area contributed by atoms with Crippen LogP contribution in [0.5, 0.6) is 0 Å². The summed E-state index contributed by atoms with van der Waals surface area (Å²) in [5.41, 5.74) is 0.0107. The number of nitrogens with one attached hydrogen (secondary N) is 1. The normalized spacial score (nSPS) is 12.2. The van der Waals surface area contributed by atoms with Crippen LogP contribution in [0.4, 0.5) is 15.8 Å². The Morgan fingerprint density at radius 3 is 2.83 bits per heavy atom. The second-order valence-corrected chi connectivity index (χ2v) is 4.84. The van der Waals surface area contributed by atoms with E-state index in [1.54, 1.807) is 7.11 Å². The number of hydrogen-bond donors (Lipinski definition) is 1.